The van der Waals surface area contributed by atoms with Gasteiger partial charge in [0.05, 0.1) is 23.1 Å². The van der Waals surface area contributed by atoms with Crippen LogP contribution < -0.4 is 4.74 Å². The van der Waals surface area contributed by atoms with E-state index in [9.17, 15) is 14.7 Å². The van der Waals surface area contributed by atoms with Crippen molar-refractivity contribution in [3.8, 4) is 5.75 Å². The third-order valence-electron chi connectivity index (χ3n) is 5.71. The van der Waals surface area contributed by atoms with Gasteiger partial charge in [-0.25, -0.2) is 0 Å². The predicted octanol–water partition coefficient (Wildman–Crippen LogP) is 4.85. The molecular formula is C25H32N2O4S. The Hall–Kier alpha value is -2.64. The van der Waals surface area contributed by atoms with Gasteiger partial charge in [0.15, 0.2) is 5.76 Å². The Balaban J connectivity index is 1.94. The van der Waals surface area contributed by atoms with Crippen LogP contribution in [0.5, 0.6) is 5.75 Å². The average molecular weight is 457 g/mol. The fraction of sp³-hybridized carbons (Fsp3) is 0.440. The Morgan fingerprint density at radius 2 is 1.97 bits per heavy atom. The van der Waals surface area contributed by atoms with Crippen molar-refractivity contribution >= 4 is 23.0 Å². The second-order valence-electron chi connectivity index (χ2n) is 7.77. The van der Waals surface area contributed by atoms with Crippen LogP contribution in [0.15, 0.2) is 53.1 Å². The first-order valence-corrected chi connectivity index (χ1v) is 12.2. The molecule has 3 rings (SSSR count). The molecule has 0 saturated heterocycles. The van der Waals surface area contributed by atoms with Crippen LogP contribution in [0.3, 0.4) is 0 Å². The van der Waals surface area contributed by atoms with Crippen molar-refractivity contribution in [2.24, 2.45) is 0 Å². The van der Waals surface area contributed by atoms with Gasteiger partial charge in [0.1, 0.15) is 5.75 Å². The molecule has 32 heavy (non-hydrogen) atoms. The number of amides is 1. The van der Waals surface area contributed by atoms with Crippen molar-refractivity contribution in [2.45, 2.75) is 39.7 Å². The highest BCUT2D eigenvalue weighted by Gasteiger charge is 2.43. The molecule has 172 valence electrons. The van der Waals surface area contributed by atoms with Crippen molar-refractivity contribution < 1.29 is 19.4 Å². The number of ether oxygens (including phenoxy) is 1. The maximum Gasteiger partial charge on any atom is 0.290 e. The van der Waals surface area contributed by atoms with E-state index in [1.54, 1.807) is 17.0 Å². The van der Waals surface area contributed by atoms with Gasteiger partial charge in [-0.05, 0) is 61.6 Å². The average Bonchev–Trinajstić information content (AvgIpc) is 3.43. The van der Waals surface area contributed by atoms with Crippen LogP contribution in [-0.2, 0) is 4.79 Å². The van der Waals surface area contributed by atoms with Crippen molar-refractivity contribution in [1.29, 1.82) is 0 Å². The maximum absolute atomic E-state index is 13.3. The zero-order valence-electron chi connectivity index (χ0n) is 19.0. The fourth-order valence-corrected chi connectivity index (χ4v) is 4.68. The monoisotopic (exact) mass is 456 g/mol. The third-order valence-corrected chi connectivity index (χ3v) is 6.58. The molecule has 0 unspecified atom stereocenters. The molecule has 2 heterocycles. The van der Waals surface area contributed by atoms with Crippen LogP contribution in [0, 0.1) is 0 Å². The van der Waals surface area contributed by atoms with Gasteiger partial charge >= 0.3 is 0 Å². The summed E-state index contributed by atoms with van der Waals surface area (Å²) in [5.74, 6) is -0.554. The maximum atomic E-state index is 13.3. The number of carbonyl (C=O) groups is 2. The molecule has 7 heteroatoms. The van der Waals surface area contributed by atoms with E-state index in [1.807, 2.05) is 36.6 Å². The van der Waals surface area contributed by atoms with Gasteiger partial charge in [-0.3, -0.25) is 9.59 Å². The minimum Gasteiger partial charge on any atom is -0.503 e. The molecule has 2 aromatic rings. The van der Waals surface area contributed by atoms with E-state index < -0.39 is 17.7 Å². The van der Waals surface area contributed by atoms with Gasteiger partial charge in [0, 0.05) is 6.54 Å². The highest BCUT2D eigenvalue weighted by atomic mass is 32.1. The predicted molar refractivity (Wildman–Crippen MR) is 127 cm³/mol. The number of thiophene rings is 1. The molecule has 0 spiro atoms. The molecule has 1 aromatic heterocycles. The van der Waals surface area contributed by atoms with Crippen molar-refractivity contribution in [2.75, 3.05) is 32.8 Å². The summed E-state index contributed by atoms with van der Waals surface area (Å²) in [5, 5.41) is 12.6. The molecule has 0 saturated carbocycles. The fourth-order valence-electron chi connectivity index (χ4n) is 4.00. The van der Waals surface area contributed by atoms with Crippen LogP contribution in [0.4, 0.5) is 0 Å². The summed E-state index contributed by atoms with van der Waals surface area (Å²) >= 11 is 1.31. The number of hydrogen-bond acceptors (Lipinski definition) is 6. The number of aliphatic hydroxyl groups excluding tert-OH is 1. The minimum atomic E-state index is -0.640. The summed E-state index contributed by atoms with van der Waals surface area (Å²) in [7, 11) is 0. The molecule has 0 fully saturated rings. The lowest BCUT2D eigenvalue weighted by molar-refractivity contribution is -0.129. The number of rotatable bonds is 12. The van der Waals surface area contributed by atoms with Crippen molar-refractivity contribution in [3.63, 3.8) is 0 Å². The Morgan fingerprint density at radius 3 is 2.62 bits per heavy atom. The van der Waals surface area contributed by atoms with Crippen LogP contribution in [-0.4, -0.2) is 59.4 Å². The van der Waals surface area contributed by atoms with Crippen LogP contribution in [0.2, 0.25) is 0 Å². The van der Waals surface area contributed by atoms with E-state index in [0.29, 0.717) is 23.8 Å². The first-order valence-electron chi connectivity index (χ1n) is 11.3. The second-order valence-corrected chi connectivity index (χ2v) is 8.72. The number of ketones is 1. The zero-order valence-corrected chi connectivity index (χ0v) is 19.9. The molecular weight excluding hydrogens is 424 g/mol. The SMILES string of the molecule is CCCOc1cccc([C@H]2C(C(=O)c3cccs3)=C(O)C(=O)N2CCCN(CC)CC)c1. The first-order chi connectivity index (χ1) is 15.5. The summed E-state index contributed by atoms with van der Waals surface area (Å²) in [6, 6.07) is 10.4. The van der Waals surface area contributed by atoms with Gasteiger partial charge in [-0.15, -0.1) is 11.3 Å². The van der Waals surface area contributed by atoms with E-state index in [1.165, 1.54) is 11.3 Å². The molecule has 1 aliphatic rings. The minimum absolute atomic E-state index is 0.146. The number of aliphatic hydroxyl groups is 1. The molecule has 1 aliphatic heterocycles. The lowest BCUT2D eigenvalue weighted by atomic mass is 9.95. The van der Waals surface area contributed by atoms with Gasteiger partial charge in [0.2, 0.25) is 5.78 Å². The Bertz CT molecular complexity index is 951. The number of Topliss-reactive ketones (excluding diaryl/α,β-unsaturated/α-hetero) is 1. The molecule has 1 atom stereocenters. The van der Waals surface area contributed by atoms with E-state index in [2.05, 4.69) is 18.7 Å². The highest BCUT2D eigenvalue weighted by molar-refractivity contribution is 7.12. The van der Waals surface area contributed by atoms with Gasteiger partial charge < -0.3 is 19.6 Å². The zero-order chi connectivity index (χ0) is 23.1. The lowest BCUT2D eigenvalue weighted by Gasteiger charge is -2.28. The molecule has 1 N–H and O–H groups in total. The van der Waals surface area contributed by atoms with Crippen molar-refractivity contribution in [3.05, 3.63) is 63.6 Å². The normalized spacial score (nSPS) is 16.3. The summed E-state index contributed by atoms with van der Waals surface area (Å²) in [6.45, 7) is 10.0. The van der Waals surface area contributed by atoms with E-state index in [-0.39, 0.29) is 11.4 Å². The molecule has 6 nitrogen and oxygen atoms in total. The first kappa shape index (κ1) is 24.0. The highest BCUT2D eigenvalue weighted by Crippen LogP contribution is 2.40. The summed E-state index contributed by atoms with van der Waals surface area (Å²) in [4.78, 5) is 30.8. The summed E-state index contributed by atoms with van der Waals surface area (Å²) in [6.07, 6.45) is 1.64. The van der Waals surface area contributed by atoms with E-state index >= 15 is 0 Å². The molecule has 0 bridgehead atoms. The standard InChI is InChI=1S/C25H32N2O4S/c1-4-15-31-19-11-7-10-18(17-19)22-21(23(28)20-12-8-16-32-20)24(29)25(30)27(22)14-9-13-26(5-2)6-3/h7-8,10-12,16-17,22,29H,4-6,9,13-15H2,1-3H3/t22-/m0/s1. The lowest BCUT2D eigenvalue weighted by Crippen LogP contribution is -2.34. The smallest absolute Gasteiger partial charge is 0.290 e. The number of hydrogen-bond donors (Lipinski definition) is 1. The Labute approximate surface area is 194 Å². The number of nitrogens with zero attached hydrogens (tertiary/aromatic N) is 2. The number of carbonyl (C=O) groups excluding carboxylic acids is 2. The van der Waals surface area contributed by atoms with Crippen molar-refractivity contribution in [1.82, 2.24) is 9.80 Å². The second kappa shape index (κ2) is 11.3. The van der Waals surface area contributed by atoms with E-state index in [4.69, 9.17) is 4.74 Å². The topological polar surface area (TPSA) is 70.1 Å². The Kier molecular flexibility index (Phi) is 8.47. The van der Waals surface area contributed by atoms with Crippen LogP contribution >= 0.6 is 11.3 Å². The van der Waals surface area contributed by atoms with Gasteiger partial charge in [0.25, 0.3) is 5.91 Å². The third kappa shape index (κ3) is 5.22. The van der Waals surface area contributed by atoms with Crippen LogP contribution in [0.25, 0.3) is 0 Å². The molecule has 0 radical (unpaired) electrons. The van der Waals surface area contributed by atoms with Crippen LogP contribution in [0.1, 0.15) is 54.9 Å². The summed E-state index contributed by atoms with van der Waals surface area (Å²) in [5.41, 5.74) is 0.909. The quantitative estimate of drug-likeness (QED) is 0.463. The molecule has 0 aliphatic carbocycles. The van der Waals surface area contributed by atoms with Gasteiger partial charge in [-0.1, -0.05) is 39.0 Å². The largest absolute Gasteiger partial charge is 0.503 e. The molecule has 1 amide bonds. The van der Waals surface area contributed by atoms with E-state index in [0.717, 1.165) is 38.0 Å². The molecule has 1 aromatic carbocycles. The van der Waals surface area contributed by atoms with Gasteiger partial charge in [-0.2, -0.15) is 0 Å². The Morgan fingerprint density at radius 1 is 1.19 bits per heavy atom. The number of benzene rings is 1. The summed E-state index contributed by atoms with van der Waals surface area (Å²) < 4.78 is 5.78.